The number of fused-ring (bicyclic) bond motifs is 1. The number of amides is 2. The summed E-state index contributed by atoms with van der Waals surface area (Å²) in [5.41, 5.74) is 0.996. The van der Waals surface area contributed by atoms with Crippen molar-refractivity contribution in [3.05, 3.63) is 81.7 Å². The molecule has 35 heavy (non-hydrogen) atoms. The summed E-state index contributed by atoms with van der Waals surface area (Å²) in [6.07, 6.45) is 1.24. The van der Waals surface area contributed by atoms with E-state index in [1.165, 1.54) is 30.0 Å². The molecule has 0 aliphatic carbocycles. The van der Waals surface area contributed by atoms with Crippen LogP contribution in [0.5, 0.6) is 5.75 Å². The highest BCUT2D eigenvalue weighted by Gasteiger charge is 2.24. The first kappa shape index (κ1) is 25.4. The van der Waals surface area contributed by atoms with Gasteiger partial charge in [-0.15, -0.1) is 0 Å². The molecular formula is C25H27FN4O5. The van der Waals surface area contributed by atoms with Crippen LogP contribution in [0.2, 0.25) is 0 Å². The highest BCUT2D eigenvalue weighted by molar-refractivity contribution is 6.02. The lowest BCUT2D eigenvalue weighted by Gasteiger charge is -2.17. The molecule has 2 heterocycles. The van der Waals surface area contributed by atoms with E-state index in [4.69, 9.17) is 0 Å². The minimum Gasteiger partial charge on any atom is -0.505 e. The molecule has 9 nitrogen and oxygen atoms in total. The third kappa shape index (κ3) is 5.84. The number of nitrogens with one attached hydrogen (secondary N) is 2. The van der Waals surface area contributed by atoms with Crippen LogP contribution in [0.4, 0.5) is 9.18 Å². The normalized spacial score (nSPS) is 10.9. The number of hydrogen-bond acceptors (Lipinski definition) is 6. The van der Waals surface area contributed by atoms with Gasteiger partial charge in [-0.25, -0.2) is 9.18 Å². The molecule has 0 aliphatic heterocycles. The van der Waals surface area contributed by atoms with Gasteiger partial charge in [0.05, 0.1) is 12.6 Å². The molecule has 184 valence electrons. The Labute approximate surface area is 201 Å². The van der Waals surface area contributed by atoms with Crippen molar-refractivity contribution in [3.63, 3.8) is 0 Å². The van der Waals surface area contributed by atoms with Crippen LogP contribution in [-0.2, 0) is 17.7 Å². The van der Waals surface area contributed by atoms with Gasteiger partial charge in [-0.3, -0.25) is 14.6 Å². The molecule has 2 aromatic heterocycles. The van der Waals surface area contributed by atoms with Gasteiger partial charge in [0.25, 0.3) is 11.5 Å². The predicted molar refractivity (Wildman–Crippen MR) is 129 cm³/mol. The lowest BCUT2D eigenvalue weighted by atomic mass is 10.0. The molecule has 0 saturated heterocycles. The van der Waals surface area contributed by atoms with E-state index in [0.717, 1.165) is 5.56 Å². The molecule has 0 radical (unpaired) electrons. The van der Waals surface area contributed by atoms with Gasteiger partial charge >= 0.3 is 6.09 Å². The van der Waals surface area contributed by atoms with Gasteiger partial charge in [-0.1, -0.05) is 32.6 Å². The number of pyridine rings is 2. The Morgan fingerprint density at radius 2 is 1.91 bits per heavy atom. The molecule has 10 heteroatoms. The van der Waals surface area contributed by atoms with Gasteiger partial charge in [0.15, 0.2) is 5.75 Å². The van der Waals surface area contributed by atoms with Crippen LogP contribution in [0.1, 0.15) is 35.3 Å². The molecule has 0 bridgehead atoms. The van der Waals surface area contributed by atoms with Gasteiger partial charge in [-0.05, 0) is 41.7 Å². The second-order valence-electron chi connectivity index (χ2n) is 8.25. The maximum atomic E-state index is 13.3. The van der Waals surface area contributed by atoms with Gasteiger partial charge in [0, 0.05) is 25.0 Å². The number of nitrogens with zero attached hydrogens (tertiary/aromatic N) is 2. The molecule has 0 spiro atoms. The van der Waals surface area contributed by atoms with E-state index < -0.39 is 28.9 Å². The zero-order valence-electron chi connectivity index (χ0n) is 19.7. The number of halogens is 1. The first-order chi connectivity index (χ1) is 16.6. The van der Waals surface area contributed by atoms with Crippen molar-refractivity contribution in [3.8, 4) is 5.75 Å². The predicted octanol–water partition coefficient (Wildman–Crippen LogP) is 3.09. The fourth-order valence-electron chi connectivity index (χ4n) is 3.40. The van der Waals surface area contributed by atoms with E-state index in [1.54, 1.807) is 18.2 Å². The summed E-state index contributed by atoms with van der Waals surface area (Å²) >= 11 is 0. The number of carbonyl (C=O) groups excluding carboxylic acids is 2. The summed E-state index contributed by atoms with van der Waals surface area (Å²) in [6.45, 7) is 7.43. The van der Waals surface area contributed by atoms with E-state index >= 15 is 0 Å². The number of aromatic hydroxyl groups is 1. The molecule has 0 unspecified atom stereocenters. The van der Waals surface area contributed by atoms with Gasteiger partial charge in [0.1, 0.15) is 16.9 Å². The quantitative estimate of drug-likeness (QED) is 0.454. The van der Waals surface area contributed by atoms with Gasteiger partial charge in [0.2, 0.25) is 0 Å². The lowest BCUT2D eigenvalue weighted by molar-refractivity contribution is 0.0958. The number of rotatable bonds is 8. The number of carbonyl (C=O) groups is 2. The Morgan fingerprint density at radius 3 is 2.54 bits per heavy atom. The summed E-state index contributed by atoms with van der Waals surface area (Å²) in [6, 6.07) is 7.64. The van der Waals surface area contributed by atoms with Gasteiger partial charge in [-0.2, -0.15) is 0 Å². The highest BCUT2D eigenvalue weighted by Crippen LogP contribution is 2.26. The SMILES string of the molecule is C=C(NC(=O)c1c(O)c2ncc(Cc3ccc(F)cc3)cc2n(CCNC(=O)OC)c1=O)C(C)C. The van der Waals surface area contributed by atoms with Crippen LogP contribution in [0, 0.1) is 11.7 Å². The van der Waals surface area contributed by atoms with E-state index in [9.17, 15) is 23.9 Å². The van der Waals surface area contributed by atoms with Crippen molar-refractivity contribution in [1.29, 1.82) is 0 Å². The van der Waals surface area contributed by atoms with Crippen LogP contribution in [0.25, 0.3) is 11.0 Å². The minimum atomic E-state index is -0.806. The monoisotopic (exact) mass is 482 g/mol. The summed E-state index contributed by atoms with van der Waals surface area (Å²) < 4.78 is 19.1. The Hall–Kier alpha value is -4.21. The Morgan fingerprint density at radius 1 is 1.23 bits per heavy atom. The summed E-state index contributed by atoms with van der Waals surface area (Å²) in [5.74, 6) is -1.79. The number of benzene rings is 1. The average Bonchev–Trinajstić information content (AvgIpc) is 2.82. The summed E-state index contributed by atoms with van der Waals surface area (Å²) in [5, 5.41) is 15.9. The van der Waals surface area contributed by atoms with Crippen LogP contribution in [0.3, 0.4) is 0 Å². The van der Waals surface area contributed by atoms with Crippen LogP contribution >= 0.6 is 0 Å². The van der Waals surface area contributed by atoms with E-state index in [-0.39, 0.29) is 35.9 Å². The number of alkyl carbamates (subject to hydrolysis) is 1. The van der Waals surface area contributed by atoms with E-state index in [1.807, 2.05) is 13.8 Å². The largest absolute Gasteiger partial charge is 0.505 e. The molecule has 3 aromatic rings. The van der Waals surface area contributed by atoms with Crippen molar-refractivity contribution < 1.29 is 23.8 Å². The zero-order chi connectivity index (χ0) is 25.7. The van der Waals surface area contributed by atoms with Crippen molar-refractivity contribution in [2.24, 2.45) is 5.92 Å². The number of ether oxygens (including phenoxy) is 1. The molecule has 2 amide bonds. The number of allylic oxidation sites excluding steroid dienone is 1. The fraction of sp³-hybridized carbons (Fsp3) is 0.280. The first-order valence-electron chi connectivity index (χ1n) is 10.9. The maximum absolute atomic E-state index is 13.3. The number of hydrogen-bond donors (Lipinski definition) is 3. The molecular weight excluding hydrogens is 455 g/mol. The van der Waals surface area contributed by atoms with Crippen LogP contribution in [-0.4, -0.2) is 40.3 Å². The number of aromatic nitrogens is 2. The molecule has 1 aromatic carbocycles. The Bertz CT molecular complexity index is 1330. The third-order valence-electron chi connectivity index (χ3n) is 5.44. The topological polar surface area (TPSA) is 123 Å². The molecule has 0 fully saturated rings. The van der Waals surface area contributed by atoms with Crippen molar-refractivity contribution in [2.75, 3.05) is 13.7 Å². The van der Waals surface area contributed by atoms with Crippen molar-refractivity contribution in [1.82, 2.24) is 20.2 Å². The fourth-order valence-corrected chi connectivity index (χ4v) is 3.40. The van der Waals surface area contributed by atoms with Crippen molar-refractivity contribution >= 4 is 23.0 Å². The third-order valence-corrected chi connectivity index (χ3v) is 5.44. The first-order valence-corrected chi connectivity index (χ1v) is 10.9. The molecule has 3 N–H and O–H groups in total. The smallest absolute Gasteiger partial charge is 0.406 e. The van der Waals surface area contributed by atoms with E-state index in [0.29, 0.717) is 17.7 Å². The average molecular weight is 483 g/mol. The number of methoxy groups -OCH3 is 1. The summed E-state index contributed by atoms with van der Waals surface area (Å²) in [7, 11) is 1.22. The molecule has 0 atom stereocenters. The second kappa shape index (κ2) is 10.8. The minimum absolute atomic E-state index is 0.0161. The Kier molecular flexibility index (Phi) is 7.85. The van der Waals surface area contributed by atoms with E-state index in [2.05, 4.69) is 26.9 Å². The maximum Gasteiger partial charge on any atom is 0.406 e. The molecule has 3 rings (SSSR count). The molecule has 0 aliphatic rings. The highest BCUT2D eigenvalue weighted by atomic mass is 19.1. The Balaban J connectivity index is 2.09. The summed E-state index contributed by atoms with van der Waals surface area (Å²) in [4.78, 5) is 42.0. The van der Waals surface area contributed by atoms with Gasteiger partial charge < -0.3 is 25.0 Å². The second-order valence-corrected chi connectivity index (χ2v) is 8.25. The van der Waals surface area contributed by atoms with Crippen molar-refractivity contribution in [2.45, 2.75) is 26.8 Å². The van der Waals surface area contributed by atoms with Crippen LogP contribution < -0.4 is 16.2 Å². The standard InChI is InChI=1S/C25H27FN4O5/c1-14(2)15(3)29-23(32)20-22(31)21-19(30(24(20)33)10-9-27-25(34)35-4)12-17(13-28-21)11-16-5-7-18(26)8-6-16/h5-8,12-14,31H,3,9-11H2,1-2,4H3,(H,27,34)(H,29,32). The van der Waals surface area contributed by atoms with Crippen LogP contribution in [0.15, 0.2) is 53.6 Å². The zero-order valence-corrected chi connectivity index (χ0v) is 19.7. The molecule has 0 saturated carbocycles. The lowest BCUT2D eigenvalue weighted by Crippen LogP contribution is -2.36.